The van der Waals surface area contributed by atoms with Gasteiger partial charge in [0.25, 0.3) is 0 Å². The molecule has 0 aromatic heterocycles. The van der Waals surface area contributed by atoms with Crippen molar-refractivity contribution in [2.24, 2.45) is 5.92 Å². The number of phosphoric acid groups is 2. The van der Waals surface area contributed by atoms with Crippen LogP contribution in [0.1, 0.15) is 407 Å². The molecule has 17 nitrogen and oxygen atoms in total. The Balaban J connectivity index is 5.25. The molecule has 0 aromatic carbocycles. The number of allylic oxidation sites excluding steroid dienone is 4. The van der Waals surface area contributed by atoms with Crippen molar-refractivity contribution in [2.45, 2.75) is 425 Å². The summed E-state index contributed by atoms with van der Waals surface area (Å²) < 4.78 is 68.6. The highest BCUT2D eigenvalue weighted by molar-refractivity contribution is 7.47. The highest BCUT2D eigenvalue weighted by Crippen LogP contribution is 2.45. The zero-order valence-electron chi connectivity index (χ0n) is 64.8. The van der Waals surface area contributed by atoms with Gasteiger partial charge in [-0.2, -0.15) is 0 Å². The number of carbonyl (C=O) groups excluding carboxylic acids is 4. The molecule has 0 spiro atoms. The van der Waals surface area contributed by atoms with Gasteiger partial charge in [0, 0.05) is 25.7 Å². The predicted octanol–water partition coefficient (Wildman–Crippen LogP) is 24.0. The van der Waals surface area contributed by atoms with E-state index in [2.05, 4.69) is 58.9 Å². The van der Waals surface area contributed by atoms with Gasteiger partial charge < -0.3 is 33.8 Å². The number of carbonyl (C=O) groups is 4. The number of esters is 4. The van der Waals surface area contributed by atoms with Gasteiger partial charge in [-0.15, -0.1) is 0 Å². The minimum atomic E-state index is -4.97. The summed E-state index contributed by atoms with van der Waals surface area (Å²) in [5, 5.41) is 10.6. The molecule has 0 saturated carbocycles. The average molecular weight is 1460 g/mol. The minimum absolute atomic E-state index is 0.102. The summed E-state index contributed by atoms with van der Waals surface area (Å²) in [4.78, 5) is 73.0. The molecule has 0 aliphatic carbocycles. The number of hydrogen-bond acceptors (Lipinski definition) is 15. The normalized spacial score (nSPS) is 14.0. The number of unbranched alkanes of at least 4 members (excludes halogenated alkanes) is 48. The fraction of sp³-hybridized carbons (Fsp3) is 0.901. The van der Waals surface area contributed by atoms with E-state index >= 15 is 0 Å². The van der Waals surface area contributed by atoms with Gasteiger partial charge in [-0.25, -0.2) is 9.13 Å². The van der Waals surface area contributed by atoms with Crippen LogP contribution in [-0.2, 0) is 65.4 Å². The van der Waals surface area contributed by atoms with E-state index in [1.54, 1.807) is 0 Å². The van der Waals surface area contributed by atoms with Crippen molar-refractivity contribution in [1.29, 1.82) is 0 Å². The summed E-state index contributed by atoms with van der Waals surface area (Å²) in [5.41, 5.74) is 0. The zero-order chi connectivity index (χ0) is 73.4. The summed E-state index contributed by atoms with van der Waals surface area (Å²) in [6, 6.07) is 0. The van der Waals surface area contributed by atoms with Crippen LogP contribution in [0.15, 0.2) is 24.3 Å². The summed E-state index contributed by atoms with van der Waals surface area (Å²) in [6.07, 6.45) is 67.5. The Labute approximate surface area is 612 Å². The standard InChI is InChI=1S/C81H154O17P2/c1-6-9-12-15-18-21-24-27-30-31-32-33-34-35-37-40-43-46-51-57-62-67-80(85)97-76(70-91-78(83)64-59-54-49-44-41-39-36-28-25-22-19-16-13-10-7-2)72-95-99(87,88)93-68-75(82)69-94-100(89,90)96-73-77(71-92-79(84)65-60-55-52-47-48-53-58-63-74(4)5)98-81(86)66-61-56-50-45-42-38-29-26-23-20-17-14-11-8-3/h22,25,28,36,74-77,82H,6-21,23-24,26-27,29-35,37-73H2,1-5H3,(H,87,88)(H,89,90)/b25-22-,36-28-/t75-,76-,77-/m1/s1. The third-order valence-corrected chi connectivity index (χ3v) is 20.3. The lowest BCUT2D eigenvalue weighted by Crippen LogP contribution is -2.30. The number of aliphatic hydroxyl groups is 1. The average Bonchev–Trinajstić information content (AvgIpc) is 0.917. The first kappa shape index (κ1) is 97.5. The van der Waals surface area contributed by atoms with E-state index < -0.39 is 97.5 Å². The SMILES string of the molecule is CCCCCC/C=C\C=C/CCCCCCCC(=O)OC[C@H](COP(=O)(O)OC[C@@H](O)COP(=O)(O)OC[C@@H](COC(=O)CCCCCCCCCC(C)C)OC(=O)CCCCCCCCCCCCCCCC)OC(=O)CCCCCCCCCCCCCCCCCCCCCCC. The van der Waals surface area contributed by atoms with Crippen LogP contribution in [0.4, 0.5) is 0 Å². The maximum atomic E-state index is 13.1. The highest BCUT2D eigenvalue weighted by atomic mass is 31.2. The van der Waals surface area contributed by atoms with E-state index in [0.717, 1.165) is 116 Å². The van der Waals surface area contributed by atoms with Crippen molar-refractivity contribution in [1.82, 2.24) is 0 Å². The molecule has 19 heteroatoms. The summed E-state index contributed by atoms with van der Waals surface area (Å²) in [7, 11) is -9.93. The number of phosphoric ester groups is 2. The molecule has 100 heavy (non-hydrogen) atoms. The van der Waals surface area contributed by atoms with Gasteiger partial charge >= 0.3 is 39.5 Å². The lowest BCUT2D eigenvalue weighted by atomic mass is 10.0. The van der Waals surface area contributed by atoms with E-state index in [-0.39, 0.29) is 25.7 Å². The Morgan fingerprint density at radius 1 is 0.310 bits per heavy atom. The molecule has 0 heterocycles. The molecule has 2 unspecified atom stereocenters. The highest BCUT2D eigenvalue weighted by Gasteiger charge is 2.30. The van der Waals surface area contributed by atoms with Crippen molar-refractivity contribution in [3.63, 3.8) is 0 Å². The fourth-order valence-corrected chi connectivity index (χ4v) is 13.6. The van der Waals surface area contributed by atoms with Crippen LogP contribution in [0.3, 0.4) is 0 Å². The summed E-state index contributed by atoms with van der Waals surface area (Å²) >= 11 is 0. The number of ether oxygens (including phenoxy) is 4. The van der Waals surface area contributed by atoms with Gasteiger partial charge in [-0.05, 0) is 57.3 Å². The van der Waals surface area contributed by atoms with Gasteiger partial charge in [0.2, 0.25) is 0 Å². The molecule has 0 rings (SSSR count). The summed E-state index contributed by atoms with van der Waals surface area (Å²) in [6.45, 7) is 7.20. The van der Waals surface area contributed by atoms with E-state index in [9.17, 15) is 43.2 Å². The minimum Gasteiger partial charge on any atom is -0.462 e. The molecular weight excluding hydrogens is 1310 g/mol. The molecule has 0 aliphatic heterocycles. The maximum Gasteiger partial charge on any atom is 0.472 e. The molecule has 0 amide bonds. The van der Waals surface area contributed by atoms with E-state index in [1.807, 2.05) is 0 Å². The van der Waals surface area contributed by atoms with Crippen molar-refractivity contribution in [2.75, 3.05) is 39.6 Å². The monoisotopic (exact) mass is 1460 g/mol. The zero-order valence-corrected chi connectivity index (χ0v) is 66.6. The van der Waals surface area contributed by atoms with Crippen LogP contribution in [0, 0.1) is 5.92 Å². The van der Waals surface area contributed by atoms with Gasteiger partial charge in [-0.3, -0.25) is 37.3 Å². The lowest BCUT2D eigenvalue weighted by molar-refractivity contribution is -0.161. The van der Waals surface area contributed by atoms with Crippen molar-refractivity contribution < 1.29 is 80.2 Å². The predicted molar refractivity (Wildman–Crippen MR) is 409 cm³/mol. The van der Waals surface area contributed by atoms with Crippen molar-refractivity contribution in [3.8, 4) is 0 Å². The van der Waals surface area contributed by atoms with Crippen LogP contribution >= 0.6 is 15.6 Å². The third-order valence-electron chi connectivity index (χ3n) is 18.4. The largest absolute Gasteiger partial charge is 0.472 e. The molecule has 0 aromatic rings. The smallest absolute Gasteiger partial charge is 0.462 e. The molecule has 0 bridgehead atoms. The Bertz CT molecular complexity index is 2000. The number of rotatable bonds is 79. The van der Waals surface area contributed by atoms with Crippen LogP contribution < -0.4 is 0 Å². The van der Waals surface area contributed by atoms with Crippen molar-refractivity contribution in [3.05, 3.63) is 24.3 Å². The Morgan fingerprint density at radius 3 is 0.820 bits per heavy atom. The van der Waals surface area contributed by atoms with Gasteiger partial charge in [0.1, 0.15) is 19.3 Å². The Hall–Kier alpha value is -2.46. The quantitative estimate of drug-likeness (QED) is 0.0169. The first-order valence-corrected chi connectivity index (χ1v) is 44.4. The second-order valence-corrected chi connectivity index (χ2v) is 31.9. The van der Waals surface area contributed by atoms with Gasteiger partial charge in [0.05, 0.1) is 26.4 Å². The molecule has 0 radical (unpaired) electrons. The molecule has 590 valence electrons. The number of hydrogen-bond donors (Lipinski definition) is 3. The van der Waals surface area contributed by atoms with Gasteiger partial charge in [0.15, 0.2) is 12.2 Å². The van der Waals surface area contributed by atoms with Crippen molar-refractivity contribution >= 4 is 39.5 Å². The molecule has 0 aliphatic rings. The summed E-state index contributed by atoms with van der Waals surface area (Å²) in [5.74, 6) is -1.44. The molecule has 5 atom stereocenters. The van der Waals surface area contributed by atoms with E-state index in [0.29, 0.717) is 31.6 Å². The second-order valence-electron chi connectivity index (χ2n) is 29.0. The molecule has 0 fully saturated rings. The van der Waals surface area contributed by atoms with E-state index in [1.165, 1.54) is 205 Å². The third kappa shape index (κ3) is 73.8. The topological polar surface area (TPSA) is 237 Å². The van der Waals surface area contributed by atoms with Crippen LogP contribution in [-0.4, -0.2) is 96.7 Å². The molecule has 3 N–H and O–H groups in total. The second kappa shape index (κ2) is 73.4. The molecule has 0 saturated heterocycles. The lowest BCUT2D eigenvalue weighted by Gasteiger charge is -2.21. The first-order valence-electron chi connectivity index (χ1n) is 41.5. The van der Waals surface area contributed by atoms with Gasteiger partial charge in [-0.1, -0.05) is 354 Å². The Morgan fingerprint density at radius 2 is 0.540 bits per heavy atom. The van der Waals surface area contributed by atoms with Crippen LogP contribution in [0.5, 0.6) is 0 Å². The molecular formula is C81H154O17P2. The van der Waals surface area contributed by atoms with E-state index in [4.69, 9.17) is 37.0 Å². The first-order chi connectivity index (χ1) is 48.5. The van der Waals surface area contributed by atoms with Crippen LogP contribution in [0.25, 0.3) is 0 Å². The maximum absolute atomic E-state index is 13.1. The number of aliphatic hydroxyl groups excluding tert-OH is 1. The fourth-order valence-electron chi connectivity index (χ4n) is 12.0. The Kier molecular flexibility index (Phi) is 71.6. The van der Waals surface area contributed by atoms with Crippen LogP contribution in [0.2, 0.25) is 0 Å².